The van der Waals surface area contributed by atoms with Crippen LogP contribution < -0.4 is 5.32 Å². The molecule has 0 saturated heterocycles. The van der Waals surface area contributed by atoms with Gasteiger partial charge in [0, 0.05) is 22.0 Å². The van der Waals surface area contributed by atoms with Crippen LogP contribution in [0, 0.1) is 5.92 Å². The number of halogens is 2. The molecule has 1 N–H and O–H groups in total. The van der Waals surface area contributed by atoms with Gasteiger partial charge in [0.05, 0.1) is 0 Å². The molecule has 0 spiro atoms. The van der Waals surface area contributed by atoms with E-state index in [0.29, 0.717) is 10.0 Å². The van der Waals surface area contributed by atoms with Crippen molar-refractivity contribution in [3.05, 3.63) is 33.8 Å². The van der Waals surface area contributed by atoms with Crippen LogP contribution in [-0.2, 0) is 4.79 Å². The first-order chi connectivity index (χ1) is 7.97. The molecule has 0 unspecified atom stereocenters. The van der Waals surface area contributed by atoms with Crippen molar-refractivity contribution in [3.63, 3.8) is 0 Å². The first kappa shape index (κ1) is 12.7. The van der Waals surface area contributed by atoms with E-state index in [1.54, 1.807) is 6.07 Å². The Kier molecular flexibility index (Phi) is 3.64. The lowest BCUT2D eigenvalue weighted by Crippen LogP contribution is -2.31. The summed E-state index contributed by atoms with van der Waals surface area (Å²) in [4.78, 5) is 11.8. The van der Waals surface area contributed by atoms with Crippen molar-refractivity contribution in [3.8, 4) is 0 Å². The molecular formula is C13H15Cl2NO. The van der Waals surface area contributed by atoms with Crippen molar-refractivity contribution in [2.45, 2.75) is 32.2 Å². The van der Waals surface area contributed by atoms with E-state index >= 15 is 0 Å². The average molecular weight is 272 g/mol. The summed E-state index contributed by atoms with van der Waals surface area (Å²) in [5.74, 6) is 0.470. The van der Waals surface area contributed by atoms with E-state index in [0.717, 1.165) is 12.0 Å². The molecular weight excluding hydrogens is 257 g/mol. The number of hydrogen-bond acceptors (Lipinski definition) is 1. The van der Waals surface area contributed by atoms with Crippen LogP contribution >= 0.6 is 23.2 Å². The molecule has 0 aromatic heterocycles. The number of hydrogen-bond donors (Lipinski definition) is 1. The highest BCUT2D eigenvalue weighted by Crippen LogP contribution is 2.48. The maximum Gasteiger partial charge on any atom is 0.223 e. The number of amides is 1. The third-order valence-corrected chi connectivity index (χ3v) is 3.31. The van der Waals surface area contributed by atoms with E-state index in [1.165, 1.54) is 0 Å². The fourth-order valence-electron chi connectivity index (χ4n) is 2.03. The second kappa shape index (κ2) is 4.87. The van der Waals surface area contributed by atoms with Crippen LogP contribution in [0.15, 0.2) is 18.2 Å². The molecule has 17 heavy (non-hydrogen) atoms. The van der Waals surface area contributed by atoms with Gasteiger partial charge in [0.2, 0.25) is 5.91 Å². The topological polar surface area (TPSA) is 29.1 Å². The Morgan fingerprint density at radius 1 is 1.29 bits per heavy atom. The fraction of sp³-hybridized carbons (Fsp3) is 0.462. The molecule has 92 valence electrons. The van der Waals surface area contributed by atoms with Crippen molar-refractivity contribution in [2.75, 3.05) is 0 Å². The van der Waals surface area contributed by atoms with Crippen molar-refractivity contribution < 1.29 is 4.79 Å². The Bertz CT molecular complexity index is 425. The van der Waals surface area contributed by atoms with Gasteiger partial charge in [-0.15, -0.1) is 0 Å². The Morgan fingerprint density at radius 2 is 1.88 bits per heavy atom. The van der Waals surface area contributed by atoms with E-state index in [-0.39, 0.29) is 23.8 Å². The minimum atomic E-state index is 0.0759. The number of carbonyl (C=O) groups excluding carboxylic acids is 1. The van der Waals surface area contributed by atoms with Crippen molar-refractivity contribution >= 4 is 29.1 Å². The molecule has 2 atom stereocenters. The van der Waals surface area contributed by atoms with Gasteiger partial charge >= 0.3 is 0 Å². The predicted molar refractivity (Wildman–Crippen MR) is 70.6 cm³/mol. The van der Waals surface area contributed by atoms with Crippen LogP contribution in [0.3, 0.4) is 0 Å². The highest BCUT2D eigenvalue weighted by atomic mass is 35.5. The molecule has 1 fully saturated rings. The zero-order chi connectivity index (χ0) is 12.6. The van der Waals surface area contributed by atoms with Crippen LogP contribution in [-0.4, -0.2) is 11.9 Å². The Labute approximate surface area is 111 Å². The summed E-state index contributed by atoms with van der Waals surface area (Å²) in [6, 6.07) is 5.67. The van der Waals surface area contributed by atoms with E-state index < -0.39 is 0 Å². The van der Waals surface area contributed by atoms with E-state index in [9.17, 15) is 4.79 Å². The van der Waals surface area contributed by atoms with Gasteiger partial charge in [-0.05, 0) is 49.9 Å². The van der Waals surface area contributed by atoms with E-state index in [1.807, 2.05) is 26.0 Å². The third-order valence-electron chi connectivity index (χ3n) is 2.87. The maximum absolute atomic E-state index is 11.8. The molecule has 1 aromatic carbocycles. The van der Waals surface area contributed by atoms with E-state index in [2.05, 4.69) is 5.32 Å². The van der Waals surface area contributed by atoms with Crippen molar-refractivity contribution in [2.24, 2.45) is 5.92 Å². The number of carbonyl (C=O) groups is 1. The normalized spacial score (nSPS) is 22.6. The minimum Gasteiger partial charge on any atom is -0.354 e. The molecule has 0 aliphatic heterocycles. The highest BCUT2D eigenvalue weighted by molar-refractivity contribution is 6.34. The molecule has 0 heterocycles. The Hall–Kier alpha value is -0.730. The Balaban J connectivity index is 2.05. The first-order valence-electron chi connectivity index (χ1n) is 5.73. The number of benzene rings is 1. The van der Waals surface area contributed by atoms with Crippen molar-refractivity contribution in [1.82, 2.24) is 5.32 Å². The zero-order valence-corrected chi connectivity index (χ0v) is 11.3. The van der Waals surface area contributed by atoms with Gasteiger partial charge in [0.1, 0.15) is 0 Å². The maximum atomic E-state index is 11.8. The van der Waals surface area contributed by atoms with Crippen LogP contribution in [0.25, 0.3) is 0 Å². The molecule has 1 aliphatic rings. The molecule has 0 radical (unpaired) electrons. The van der Waals surface area contributed by atoms with Crippen molar-refractivity contribution in [1.29, 1.82) is 0 Å². The van der Waals surface area contributed by atoms with Gasteiger partial charge in [-0.1, -0.05) is 23.2 Å². The Morgan fingerprint density at radius 3 is 2.41 bits per heavy atom. The smallest absolute Gasteiger partial charge is 0.223 e. The molecule has 2 nitrogen and oxygen atoms in total. The lowest BCUT2D eigenvalue weighted by molar-refractivity contribution is -0.122. The van der Waals surface area contributed by atoms with Gasteiger partial charge in [-0.3, -0.25) is 4.79 Å². The minimum absolute atomic E-state index is 0.0759. The SMILES string of the molecule is CC(C)NC(=O)[C@H]1C[C@@H]1c1cc(Cl)cc(Cl)c1. The quantitative estimate of drug-likeness (QED) is 0.894. The summed E-state index contributed by atoms with van der Waals surface area (Å²) in [5, 5.41) is 4.18. The average Bonchev–Trinajstić information content (AvgIpc) is 2.93. The molecule has 1 aliphatic carbocycles. The molecule has 0 bridgehead atoms. The molecule has 4 heteroatoms. The van der Waals surface area contributed by atoms with Crippen LogP contribution in [0.1, 0.15) is 31.7 Å². The monoisotopic (exact) mass is 271 g/mol. The lowest BCUT2D eigenvalue weighted by atomic mass is 10.1. The second-order valence-corrected chi connectivity index (χ2v) is 5.69. The largest absolute Gasteiger partial charge is 0.354 e. The van der Waals surface area contributed by atoms with E-state index in [4.69, 9.17) is 23.2 Å². The summed E-state index contributed by atoms with van der Waals surface area (Å²) < 4.78 is 0. The van der Waals surface area contributed by atoms with Gasteiger partial charge in [-0.25, -0.2) is 0 Å². The standard InChI is InChI=1S/C13H15Cl2NO/c1-7(2)16-13(17)12-6-11(12)8-3-9(14)5-10(15)4-8/h3-5,7,11-12H,6H2,1-2H3,(H,16,17)/t11-,12+/m1/s1. The van der Waals surface area contributed by atoms with Gasteiger partial charge in [0.25, 0.3) is 0 Å². The molecule has 1 aromatic rings. The predicted octanol–water partition coefficient (Wildman–Crippen LogP) is 3.62. The summed E-state index contributed by atoms with van der Waals surface area (Å²) in [6.45, 7) is 3.93. The van der Waals surface area contributed by atoms with Gasteiger partial charge < -0.3 is 5.32 Å². The molecule has 2 rings (SSSR count). The summed E-state index contributed by atoms with van der Waals surface area (Å²) >= 11 is 11.9. The number of rotatable bonds is 3. The van der Waals surface area contributed by atoms with Gasteiger partial charge in [-0.2, -0.15) is 0 Å². The van der Waals surface area contributed by atoms with Crippen LogP contribution in [0.5, 0.6) is 0 Å². The van der Waals surface area contributed by atoms with Crippen LogP contribution in [0.4, 0.5) is 0 Å². The van der Waals surface area contributed by atoms with Crippen LogP contribution in [0.2, 0.25) is 10.0 Å². The zero-order valence-electron chi connectivity index (χ0n) is 9.84. The molecule has 1 amide bonds. The fourth-order valence-corrected chi connectivity index (χ4v) is 2.58. The molecule has 1 saturated carbocycles. The third kappa shape index (κ3) is 3.14. The second-order valence-electron chi connectivity index (χ2n) is 4.81. The number of nitrogens with one attached hydrogen (secondary N) is 1. The lowest BCUT2D eigenvalue weighted by Gasteiger charge is -2.08. The summed E-state index contributed by atoms with van der Waals surface area (Å²) in [7, 11) is 0. The van der Waals surface area contributed by atoms with Gasteiger partial charge in [0.15, 0.2) is 0 Å². The summed E-state index contributed by atoms with van der Waals surface area (Å²) in [5.41, 5.74) is 1.06. The highest BCUT2D eigenvalue weighted by Gasteiger charge is 2.44. The summed E-state index contributed by atoms with van der Waals surface area (Å²) in [6.07, 6.45) is 0.884. The first-order valence-corrected chi connectivity index (χ1v) is 6.49.